The summed E-state index contributed by atoms with van der Waals surface area (Å²) in [5, 5.41) is 41.2. The number of aromatic amines is 1. The number of anilines is 1. The van der Waals surface area contributed by atoms with Crippen molar-refractivity contribution >= 4 is 34.8 Å². The van der Waals surface area contributed by atoms with Gasteiger partial charge in [-0.1, -0.05) is 44.2 Å². The van der Waals surface area contributed by atoms with E-state index < -0.39 is 51.5 Å². The molecular formula is C45H57N5O8. The number of esters is 1. The fourth-order valence-corrected chi connectivity index (χ4v) is 13.3. The summed E-state index contributed by atoms with van der Waals surface area (Å²) in [6.45, 7) is 6.96. The Hall–Kier alpha value is -4.27. The normalized spacial score (nSPS) is 37.4. The van der Waals surface area contributed by atoms with Crippen LogP contribution in [-0.4, -0.2) is 138 Å². The number of nitrogens with one attached hydrogen (secondary N) is 2. The third-order valence-corrected chi connectivity index (χ3v) is 15.6. The number of aldehydes is 1. The number of piperidine rings is 1. The van der Waals surface area contributed by atoms with Gasteiger partial charge in [0.15, 0.2) is 5.60 Å². The van der Waals surface area contributed by atoms with E-state index in [9.17, 15) is 24.9 Å². The molecule has 2 aromatic carbocycles. The summed E-state index contributed by atoms with van der Waals surface area (Å²) in [6.07, 6.45) is 6.15. The highest BCUT2D eigenvalue weighted by Crippen LogP contribution is 2.67. The van der Waals surface area contributed by atoms with Crippen LogP contribution in [0.3, 0.4) is 0 Å². The quantitative estimate of drug-likeness (QED) is 0.129. The van der Waals surface area contributed by atoms with Crippen molar-refractivity contribution in [2.45, 2.75) is 92.6 Å². The topological polar surface area (TPSA) is 168 Å². The Kier molecular flexibility index (Phi) is 9.22. The number of aliphatic hydroxyl groups is 3. The number of amides is 1. The van der Waals surface area contributed by atoms with Crippen LogP contribution in [-0.2, 0) is 36.4 Å². The van der Waals surface area contributed by atoms with Crippen molar-refractivity contribution in [3.05, 3.63) is 70.9 Å². The standard InChI is InChI=1S/C45H57N5O8/c1-6-41(55)23-27-24-44(40(54)58-5,35-29(13-18-49(25-27)26-41)28-11-8-9-12-32(28)47-35)31-21-30-33(22-34(31)57-4)48(3)37-43(30)15-19-50-17-10-14-42(7-2,36(43)50)38(52)45(37,56)39(53)46-16-20-51/h8-12,14,20-22,27,36-38,47,52,55-56H,6-7,13,15-19,23-26H2,1-5H3,(H,46,53)/t27-,36+,37-,38-,41+,42-,43-,44+,45+/m1/s1. The molecule has 5 N–H and O–H groups in total. The zero-order valence-corrected chi connectivity index (χ0v) is 34.2. The fraction of sp³-hybridized carbons (Fsp3) is 0.578. The number of rotatable bonds is 8. The molecule has 3 fully saturated rings. The molecule has 1 amide bonds. The van der Waals surface area contributed by atoms with E-state index in [2.05, 4.69) is 32.2 Å². The largest absolute Gasteiger partial charge is 0.496 e. The van der Waals surface area contributed by atoms with Crippen molar-refractivity contribution in [1.82, 2.24) is 20.1 Å². The molecule has 5 aliphatic heterocycles. The summed E-state index contributed by atoms with van der Waals surface area (Å²) in [5.41, 5.74) is -1.77. The maximum atomic E-state index is 15.3. The minimum Gasteiger partial charge on any atom is -0.496 e. The van der Waals surface area contributed by atoms with Gasteiger partial charge in [0, 0.05) is 84.0 Å². The monoisotopic (exact) mass is 795 g/mol. The molecule has 9 rings (SSSR count). The molecule has 10 atom stereocenters. The van der Waals surface area contributed by atoms with Crippen LogP contribution in [0.1, 0.15) is 68.3 Å². The molecule has 6 aliphatic rings. The first-order valence-corrected chi connectivity index (χ1v) is 21.0. The number of benzene rings is 2. The molecule has 13 nitrogen and oxygen atoms in total. The van der Waals surface area contributed by atoms with Gasteiger partial charge in [-0.3, -0.25) is 19.4 Å². The van der Waals surface area contributed by atoms with Crippen LogP contribution in [0.2, 0.25) is 0 Å². The summed E-state index contributed by atoms with van der Waals surface area (Å²) in [6, 6.07) is 10.9. The summed E-state index contributed by atoms with van der Waals surface area (Å²) >= 11 is 0. The first-order valence-electron chi connectivity index (χ1n) is 21.0. The molecule has 0 radical (unpaired) electrons. The van der Waals surface area contributed by atoms with Gasteiger partial charge < -0.3 is 44.8 Å². The van der Waals surface area contributed by atoms with Crippen molar-refractivity contribution < 1.29 is 39.2 Å². The minimum atomic E-state index is -2.34. The zero-order valence-electron chi connectivity index (χ0n) is 34.2. The van der Waals surface area contributed by atoms with E-state index in [-0.39, 0.29) is 18.5 Å². The van der Waals surface area contributed by atoms with Crippen LogP contribution in [0.4, 0.5) is 5.69 Å². The van der Waals surface area contributed by atoms with E-state index >= 15 is 4.79 Å². The Morgan fingerprint density at radius 3 is 2.57 bits per heavy atom. The lowest BCUT2D eigenvalue weighted by Crippen LogP contribution is -2.81. The number of carbonyl (C=O) groups is 3. The summed E-state index contributed by atoms with van der Waals surface area (Å²) in [5.74, 6) is -0.903. The van der Waals surface area contributed by atoms with Crippen LogP contribution in [0.15, 0.2) is 48.6 Å². The van der Waals surface area contributed by atoms with Crippen LogP contribution in [0.25, 0.3) is 10.9 Å². The molecule has 58 heavy (non-hydrogen) atoms. The number of para-hydroxylation sites is 1. The number of fused-ring (bicyclic) bond motifs is 6. The lowest BCUT2D eigenvalue weighted by atomic mass is 9.47. The average molecular weight is 796 g/mol. The maximum absolute atomic E-state index is 15.3. The van der Waals surface area contributed by atoms with Gasteiger partial charge in [0.1, 0.15) is 23.6 Å². The van der Waals surface area contributed by atoms with Gasteiger partial charge in [-0.05, 0) is 74.2 Å². The van der Waals surface area contributed by atoms with E-state index in [1.54, 1.807) is 7.11 Å². The second kappa shape index (κ2) is 13.6. The van der Waals surface area contributed by atoms with Crippen LogP contribution >= 0.6 is 0 Å². The highest BCUT2D eigenvalue weighted by atomic mass is 16.5. The van der Waals surface area contributed by atoms with Gasteiger partial charge >= 0.3 is 5.97 Å². The number of methoxy groups -OCH3 is 2. The number of hydrogen-bond donors (Lipinski definition) is 5. The molecule has 6 heterocycles. The third kappa shape index (κ3) is 4.97. The minimum absolute atomic E-state index is 0.101. The summed E-state index contributed by atoms with van der Waals surface area (Å²) in [7, 11) is 4.86. The predicted molar refractivity (Wildman–Crippen MR) is 218 cm³/mol. The molecule has 1 aliphatic carbocycles. The Labute approximate surface area is 339 Å². The van der Waals surface area contributed by atoms with E-state index in [1.165, 1.54) is 7.11 Å². The van der Waals surface area contributed by atoms with Crippen molar-refractivity contribution in [1.29, 1.82) is 0 Å². The molecule has 13 heteroatoms. The van der Waals surface area contributed by atoms with Gasteiger partial charge in [0.25, 0.3) is 5.91 Å². The third-order valence-electron chi connectivity index (χ3n) is 15.6. The van der Waals surface area contributed by atoms with Gasteiger partial charge in [-0.15, -0.1) is 0 Å². The molecule has 1 aromatic heterocycles. The molecule has 2 saturated heterocycles. The second-order valence-corrected chi connectivity index (χ2v) is 18.0. The highest BCUT2D eigenvalue weighted by molar-refractivity contribution is 5.95. The number of aliphatic hydroxyl groups excluding tert-OH is 1. The summed E-state index contributed by atoms with van der Waals surface area (Å²) < 4.78 is 12.3. The van der Waals surface area contributed by atoms with Crippen molar-refractivity contribution in [2.24, 2.45) is 11.3 Å². The molecule has 1 unspecified atom stereocenters. The Balaban J connectivity index is 1.35. The number of aromatic nitrogens is 1. The van der Waals surface area contributed by atoms with Gasteiger partial charge in [0.2, 0.25) is 0 Å². The number of ether oxygens (including phenoxy) is 2. The fourth-order valence-electron chi connectivity index (χ4n) is 13.3. The number of hydrogen-bond acceptors (Lipinski definition) is 11. The lowest BCUT2D eigenvalue weighted by molar-refractivity contribution is -0.203. The number of likely N-dealkylation sites (N-methyl/N-ethyl adjacent to an activating group) is 1. The Morgan fingerprint density at radius 2 is 1.84 bits per heavy atom. The number of nitrogens with zero attached hydrogens (tertiary/aromatic N) is 3. The molecule has 3 aromatic rings. The van der Waals surface area contributed by atoms with Crippen molar-refractivity contribution in [3.8, 4) is 5.75 Å². The predicted octanol–water partition coefficient (Wildman–Crippen LogP) is 2.56. The SMILES string of the molecule is CC[C@]1(O)C[C@H]2CN(CCc3c([nH]c4ccccc34)[C@@](C(=O)OC)(c3cc4c(cc3OC)N(C)[C@H]3[C@@](O)(C(=O)NCC=O)[C@H](O)[C@]5(CC)C=CCN6CC[C@]43[C@@H]65)C2)C1. The Morgan fingerprint density at radius 1 is 1.05 bits per heavy atom. The smallest absolute Gasteiger partial charge is 0.322 e. The van der Waals surface area contributed by atoms with Crippen LogP contribution in [0, 0.1) is 11.3 Å². The average Bonchev–Trinajstić information content (AvgIpc) is 3.89. The molecule has 310 valence electrons. The molecule has 1 spiro atoms. The van der Waals surface area contributed by atoms with Gasteiger partial charge in [0.05, 0.1) is 32.4 Å². The van der Waals surface area contributed by atoms with E-state index in [0.717, 1.165) is 33.4 Å². The van der Waals surface area contributed by atoms with E-state index in [1.807, 2.05) is 62.2 Å². The number of carbonyl (C=O) groups excluding carboxylic acids is 3. The number of H-pyrrole nitrogens is 1. The second-order valence-electron chi connectivity index (χ2n) is 18.0. The van der Waals surface area contributed by atoms with Crippen LogP contribution < -0.4 is 15.0 Å². The Bertz CT molecular complexity index is 2210. The van der Waals surface area contributed by atoms with Crippen molar-refractivity contribution in [3.63, 3.8) is 0 Å². The van der Waals surface area contributed by atoms with Gasteiger partial charge in [-0.2, -0.15) is 0 Å². The zero-order chi connectivity index (χ0) is 41.0. The van der Waals surface area contributed by atoms with E-state index in [0.29, 0.717) is 88.8 Å². The lowest BCUT2D eigenvalue weighted by Gasteiger charge is -2.63. The molecule has 1 saturated carbocycles. The first kappa shape index (κ1) is 39.2. The first-order chi connectivity index (χ1) is 27.8. The molecular weight excluding hydrogens is 739 g/mol. The van der Waals surface area contributed by atoms with Gasteiger partial charge in [-0.25, -0.2) is 0 Å². The molecule has 2 bridgehead atoms. The van der Waals surface area contributed by atoms with Crippen LogP contribution in [0.5, 0.6) is 5.75 Å². The van der Waals surface area contributed by atoms with E-state index in [4.69, 9.17) is 9.47 Å². The summed E-state index contributed by atoms with van der Waals surface area (Å²) in [4.78, 5) is 51.6. The van der Waals surface area contributed by atoms with Crippen molar-refractivity contribution in [2.75, 3.05) is 65.4 Å². The highest BCUT2D eigenvalue weighted by Gasteiger charge is 2.78. The maximum Gasteiger partial charge on any atom is 0.322 e.